The summed E-state index contributed by atoms with van der Waals surface area (Å²) < 4.78 is 3.93. The van der Waals surface area contributed by atoms with E-state index in [9.17, 15) is 9.59 Å². The van der Waals surface area contributed by atoms with Crippen LogP contribution in [0.15, 0.2) is 91.1 Å². The molecule has 3 heterocycles. The Morgan fingerprint density at radius 2 is 1.64 bits per heavy atom. The number of fused-ring (bicyclic) bond motifs is 3. The lowest BCUT2D eigenvalue weighted by molar-refractivity contribution is -0.119. The summed E-state index contributed by atoms with van der Waals surface area (Å²) in [7, 11) is 0. The number of hydrogen-bond acceptors (Lipinski definition) is 5. The molecule has 44 heavy (non-hydrogen) atoms. The van der Waals surface area contributed by atoms with Crippen LogP contribution in [0.3, 0.4) is 0 Å². The van der Waals surface area contributed by atoms with E-state index in [1.807, 2.05) is 75.5 Å². The molecule has 2 aromatic heterocycles. The van der Waals surface area contributed by atoms with Gasteiger partial charge in [0.1, 0.15) is 11.7 Å². The van der Waals surface area contributed by atoms with E-state index in [4.69, 9.17) is 0 Å². The van der Waals surface area contributed by atoms with Crippen molar-refractivity contribution in [3.05, 3.63) is 119 Å². The fourth-order valence-corrected chi connectivity index (χ4v) is 7.11. The molecule has 2 amide bonds. The fourth-order valence-electron chi connectivity index (χ4n) is 5.95. The molecule has 1 N–H and O–H groups in total. The van der Waals surface area contributed by atoms with Gasteiger partial charge in [0, 0.05) is 33.2 Å². The van der Waals surface area contributed by atoms with Gasteiger partial charge in [-0.05, 0) is 67.8 Å². The summed E-state index contributed by atoms with van der Waals surface area (Å²) in [6.07, 6.45) is 1.89. The van der Waals surface area contributed by atoms with Crippen molar-refractivity contribution >= 4 is 51.1 Å². The lowest BCUT2D eigenvalue weighted by Gasteiger charge is -2.24. The lowest BCUT2D eigenvalue weighted by atomic mass is 10.1. The smallest absolute Gasteiger partial charge is 0.257 e. The zero-order valence-corrected chi connectivity index (χ0v) is 25.6. The third-order valence-electron chi connectivity index (χ3n) is 8.48. The van der Waals surface area contributed by atoms with E-state index >= 15 is 0 Å². The third kappa shape index (κ3) is 4.93. The molecule has 0 saturated carbocycles. The van der Waals surface area contributed by atoms with Crippen LogP contribution in [-0.2, 0) is 11.3 Å². The molecular formula is C35H32N6O2S. The molecule has 1 atom stereocenters. The van der Waals surface area contributed by atoms with Crippen LogP contribution < -0.4 is 5.32 Å². The Morgan fingerprint density at radius 1 is 0.909 bits per heavy atom. The molecular weight excluding hydrogens is 568 g/mol. The predicted octanol–water partition coefficient (Wildman–Crippen LogP) is 6.50. The van der Waals surface area contributed by atoms with Gasteiger partial charge in [-0.15, -0.1) is 16.9 Å². The van der Waals surface area contributed by atoms with Crippen LogP contribution in [0.2, 0.25) is 0 Å². The van der Waals surface area contributed by atoms with Crippen molar-refractivity contribution in [1.82, 2.24) is 24.5 Å². The van der Waals surface area contributed by atoms with E-state index < -0.39 is 6.04 Å². The summed E-state index contributed by atoms with van der Waals surface area (Å²) in [5.41, 5.74) is 8.05. The number of aromatic nitrogens is 4. The Bertz CT molecular complexity index is 2010. The minimum atomic E-state index is -0.580. The van der Waals surface area contributed by atoms with Gasteiger partial charge < -0.3 is 14.8 Å². The Morgan fingerprint density at radius 3 is 2.39 bits per heavy atom. The topological polar surface area (TPSA) is 85.0 Å². The van der Waals surface area contributed by atoms with Crippen LogP contribution in [0.25, 0.3) is 27.5 Å². The molecule has 0 spiro atoms. The Labute approximate surface area is 259 Å². The molecule has 1 unspecified atom stereocenters. The molecule has 0 aliphatic carbocycles. The van der Waals surface area contributed by atoms with Crippen molar-refractivity contribution in [2.24, 2.45) is 0 Å². The highest BCUT2D eigenvalue weighted by Gasteiger charge is 2.36. The van der Waals surface area contributed by atoms with Gasteiger partial charge in [0.05, 0.1) is 29.9 Å². The van der Waals surface area contributed by atoms with Gasteiger partial charge >= 0.3 is 0 Å². The summed E-state index contributed by atoms with van der Waals surface area (Å²) >= 11 is 1.58. The van der Waals surface area contributed by atoms with E-state index in [0.29, 0.717) is 29.4 Å². The average molecular weight is 601 g/mol. The molecule has 1 fully saturated rings. The van der Waals surface area contributed by atoms with Crippen LogP contribution >= 0.6 is 11.8 Å². The van der Waals surface area contributed by atoms with Gasteiger partial charge in [-0.1, -0.05) is 59.8 Å². The molecule has 4 aromatic carbocycles. The van der Waals surface area contributed by atoms with Gasteiger partial charge in [-0.2, -0.15) is 0 Å². The van der Waals surface area contributed by atoms with E-state index in [1.54, 1.807) is 21.3 Å². The molecule has 1 aliphatic heterocycles. The number of nitrogens with zero attached hydrogens (tertiary/aromatic N) is 5. The van der Waals surface area contributed by atoms with Crippen molar-refractivity contribution in [2.75, 3.05) is 16.9 Å². The molecule has 8 nitrogen and oxygen atoms in total. The number of rotatable bonds is 6. The predicted molar refractivity (Wildman–Crippen MR) is 176 cm³/mol. The number of para-hydroxylation sites is 2. The highest BCUT2D eigenvalue weighted by Crippen LogP contribution is 2.30. The fraction of sp³-hybridized carbons (Fsp3) is 0.200. The normalized spacial score (nSPS) is 14.9. The number of hydrogen-bond donors (Lipinski definition) is 1. The molecule has 0 bridgehead atoms. The van der Waals surface area contributed by atoms with Crippen molar-refractivity contribution in [3.63, 3.8) is 0 Å². The summed E-state index contributed by atoms with van der Waals surface area (Å²) in [5.74, 6) is 0.592. The molecule has 1 saturated heterocycles. The maximum Gasteiger partial charge on any atom is 0.257 e. The second-order valence-corrected chi connectivity index (χ2v) is 12.3. The monoisotopic (exact) mass is 600 g/mol. The van der Waals surface area contributed by atoms with E-state index in [0.717, 1.165) is 39.1 Å². The standard InChI is InChI=1S/C35H32N6O2S/c1-22-15-16-28(35(43)40-21-44-20-33(40)34(42)36-29-12-8-9-23(2)24(29)3)32(17-22)41-19-25(37-38-41)18-39-30-13-6-4-10-26(30)27-11-5-7-14-31(27)39/h4-17,19,33H,18,20-21H2,1-3H3,(H,36,42). The van der Waals surface area contributed by atoms with Gasteiger partial charge in [-0.3, -0.25) is 9.59 Å². The Balaban J connectivity index is 1.18. The first-order valence-corrected chi connectivity index (χ1v) is 15.8. The van der Waals surface area contributed by atoms with Gasteiger partial charge in [0.25, 0.3) is 5.91 Å². The molecule has 220 valence electrons. The van der Waals surface area contributed by atoms with Gasteiger partial charge in [-0.25, -0.2) is 4.68 Å². The first-order valence-electron chi connectivity index (χ1n) is 14.6. The molecule has 6 aromatic rings. The molecule has 9 heteroatoms. The SMILES string of the molecule is Cc1ccc(C(=O)N2CSCC2C(=O)Nc2cccc(C)c2C)c(-n2cc(Cn3c4ccccc4c4ccccc43)nn2)c1. The van der Waals surface area contributed by atoms with Crippen LogP contribution in [0.4, 0.5) is 5.69 Å². The number of carbonyl (C=O) groups is 2. The number of anilines is 1. The minimum Gasteiger partial charge on any atom is -0.334 e. The summed E-state index contributed by atoms with van der Waals surface area (Å²) in [4.78, 5) is 29.2. The Kier molecular flexibility index (Phi) is 7.18. The third-order valence-corrected chi connectivity index (χ3v) is 9.49. The van der Waals surface area contributed by atoms with Crippen molar-refractivity contribution in [2.45, 2.75) is 33.4 Å². The number of carbonyl (C=O) groups excluding carboxylic acids is 2. The van der Waals surface area contributed by atoms with E-state index in [2.05, 4.69) is 56.6 Å². The lowest BCUT2D eigenvalue weighted by Crippen LogP contribution is -2.44. The van der Waals surface area contributed by atoms with E-state index in [-0.39, 0.29) is 11.8 Å². The maximum atomic E-state index is 14.1. The van der Waals surface area contributed by atoms with Gasteiger partial charge in [0.15, 0.2) is 0 Å². The highest BCUT2D eigenvalue weighted by atomic mass is 32.2. The second-order valence-electron chi connectivity index (χ2n) is 11.3. The minimum absolute atomic E-state index is 0.181. The number of thioether (sulfide) groups is 1. The zero-order chi connectivity index (χ0) is 30.4. The van der Waals surface area contributed by atoms with Crippen molar-refractivity contribution in [1.29, 1.82) is 0 Å². The van der Waals surface area contributed by atoms with Crippen molar-refractivity contribution < 1.29 is 9.59 Å². The Hall–Kier alpha value is -4.89. The summed E-state index contributed by atoms with van der Waals surface area (Å²) in [6.45, 7) is 6.53. The summed E-state index contributed by atoms with van der Waals surface area (Å²) in [6, 6.07) is 27.7. The first kappa shape index (κ1) is 27.9. The molecule has 1 aliphatic rings. The van der Waals surface area contributed by atoms with Crippen LogP contribution in [0.1, 0.15) is 32.7 Å². The first-order chi connectivity index (χ1) is 21.4. The van der Waals surface area contributed by atoms with Gasteiger partial charge in [0.2, 0.25) is 5.91 Å². The number of benzene rings is 4. The highest BCUT2D eigenvalue weighted by molar-refractivity contribution is 7.99. The average Bonchev–Trinajstić information content (AvgIpc) is 3.78. The summed E-state index contributed by atoms with van der Waals surface area (Å²) in [5, 5.41) is 14.4. The van der Waals surface area contributed by atoms with Crippen LogP contribution in [0, 0.1) is 20.8 Å². The van der Waals surface area contributed by atoms with Crippen LogP contribution in [0.5, 0.6) is 0 Å². The largest absolute Gasteiger partial charge is 0.334 e. The number of amides is 2. The molecule has 7 rings (SSSR count). The quantitative estimate of drug-likeness (QED) is 0.236. The van der Waals surface area contributed by atoms with Crippen LogP contribution in [-0.4, -0.2) is 53.9 Å². The molecule has 0 radical (unpaired) electrons. The number of aryl methyl sites for hydroxylation is 2. The van der Waals surface area contributed by atoms with E-state index in [1.165, 1.54) is 10.8 Å². The number of nitrogens with one attached hydrogen (secondary N) is 1. The second kappa shape index (κ2) is 11.3. The van der Waals surface area contributed by atoms with Crippen molar-refractivity contribution in [3.8, 4) is 5.69 Å². The maximum absolute atomic E-state index is 14.1. The zero-order valence-electron chi connectivity index (χ0n) is 24.8.